The Hall–Kier alpha value is -2.08. The first-order valence-electron chi connectivity index (χ1n) is 8.93. The van der Waals surface area contributed by atoms with E-state index in [0.717, 1.165) is 42.7 Å². The summed E-state index contributed by atoms with van der Waals surface area (Å²) in [7, 11) is 0. The number of fused-ring (bicyclic) bond motifs is 1. The van der Waals surface area contributed by atoms with Gasteiger partial charge in [0.05, 0.1) is 21.1 Å². The topological polar surface area (TPSA) is 58.1 Å². The van der Waals surface area contributed by atoms with Crippen LogP contribution in [0.3, 0.4) is 0 Å². The summed E-state index contributed by atoms with van der Waals surface area (Å²) in [5.74, 6) is 0.667. The number of carbonyl (C=O) groups is 1. The quantitative estimate of drug-likeness (QED) is 0.630. The van der Waals surface area contributed by atoms with Crippen LogP contribution in [0, 0.1) is 0 Å². The van der Waals surface area contributed by atoms with Gasteiger partial charge in [-0.05, 0) is 43.2 Å². The average molecular weight is 436 g/mol. The summed E-state index contributed by atoms with van der Waals surface area (Å²) < 4.78 is 0. The molecular formula is C20H17Cl3N4O. The van der Waals surface area contributed by atoms with Crippen LogP contribution in [0.5, 0.6) is 0 Å². The Balaban J connectivity index is 1.45. The first-order valence-corrected chi connectivity index (χ1v) is 10.1. The molecule has 0 aliphatic carbocycles. The molecule has 4 rings (SSSR count). The van der Waals surface area contributed by atoms with Crippen LogP contribution >= 0.6 is 34.8 Å². The zero-order chi connectivity index (χ0) is 19.7. The molecule has 28 heavy (non-hydrogen) atoms. The number of benzene rings is 2. The monoisotopic (exact) mass is 434 g/mol. The molecule has 0 unspecified atom stereocenters. The second kappa shape index (κ2) is 8.11. The number of carbonyl (C=O) groups excluding carboxylic acids is 1. The van der Waals surface area contributed by atoms with Crippen LogP contribution in [0.15, 0.2) is 42.7 Å². The summed E-state index contributed by atoms with van der Waals surface area (Å²) in [6.07, 6.45) is 3.17. The van der Waals surface area contributed by atoms with Gasteiger partial charge in [0.25, 0.3) is 5.91 Å². The van der Waals surface area contributed by atoms with Gasteiger partial charge in [-0.1, -0.05) is 40.9 Å². The van der Waals surface area contributed by atoms with Crippen LogP contribution < -0.4 is 10.2 Å². The van der Waals surface area contributed by atoms with Crippen LogP contribution in [-0.4, -0.2) is 35.0 Å². The molecule has 0 radical (unpaired) electrons. The maximum absolute atomic E-state index is 12.5. The van der Waals surface area contributed by atoms with Gasteiger partial charge in [0.1, 0.15) is 12.1 Å². The molecule has 5 nitrogen and oxygen atoms in total. The average Bonchev–Trinajstić information content (AvgIpc) is 2.70. The highest BCUT2D eigenvalue weighted by atomic mass is 35.5. The Morgan fingerprint density at radius 3 is 2.64 bits per heavy atom. The summed E-state index contributed by atoms with van der Waals surface area (Å²) in [6, 6.07) is 10.7. The molecule has 1 saturated heterocycles. The molecular weight excluding hydrogens is 419 g/mol. The van der Waals surface area contributed by atoms with Gasteiger partial charge in [-0.2, -0.15) is 0 Å². The minimum absolute atomic E-state index is 0.0653. The summed E-state index contributed by atoms with van der Waals surface area (Å²) in [5, 5.41) is 5.30. The SMILES string of the molecule is O=C(NC1CCN(c2ncnc3ccc(Cl)cc23)CC1)c1cccc(Cl)c1Cl. The smallest absolute Gasteiger partial charge is 0.253 e. The van der Waals surface area contributed by atoms with E-state index in [4.69, 9.17) is 34.8 Å². The lowest BCUT2D eigenvalue weighted by atomic mass is 10.0. The van der Waals surface area contributed by atoms with Gasteiger partial charge in [0, 0.05) is 29.5 Å². The number of piperidine rings is 1. The van der Waals surface area contributed by atoms with E-state index in [2.05, 4.69) is 20.2 Å². The minimum Gasteiger partial charge on any atom is -0.356 e. The van der Waals surface area contributed by atoms with Gasteiger partial charge in [0.15, 0.2) is 0 Å². The largest absolute Gasteiger partial charge is 0.356 e. The van der Waals surface area contributed by atoms with E-state index in [9.17, 15) is 4.79 Å². The Labute approximate surface area is 177 Å². The van der Waals surface area contributed by atoms with Gasteiger partial charge in [-0.3, -0.25) is 4.79 Å². The molecule has 2 heterocycles. The standard InChI is InChI=1S/C20H17Cl3N4O/c21-12-4-5-17-15(10-12)19(25-11-24-17)27-8-6-13(7-9-27)26-20(28)14-2-1-3-16(22)18(14)23/h1-5,10-11,13H,6-9H2,(H,26,28). The molecule has 0 saturated carbocycles. The van der Waals surface area contributed by atoms with Crippen molar-refractivity contribution in [3.63, 3.8) is 0 Å². The lowest BCUT2D eigenvalue weighted by Gasteiger charge is -2.33. The van der Waals surface area contributed by atoms with Crippen LogP contribution in [0.4, 0.5) is 5.82 Å². The van der Waals surface area contributed by atoms with Crippen molar-refractivity contribution in [3.05, 3.63) is 63.4 Å². The zero-order valence-corrected chi connectivity index (χ0v) is 17.1. The van der Waals surface area contributed by atoms with E-state index in [0.29, 0.717) is 15.6 Å². The van der Waals surface area contributed by atoms with Crippen molar-refractivity contribution in [2.45, 2.75) is 18.9 Å². The van der Waals surface area contributed by atoms with Crippen LogP contribution in [0.2, 0.25) is 15.1 Å². The maximum Gasteiger partial charge on any atom is 0.253 e. The molecule has 1 aliphatic heterocycles. The maximum atomic E-state index is 12.5. The molecule has 2 aromatic carbocycles. The third-order valence-corrected chi connectivity index (χ3v) is 5.96. The molecule has 1 fully saturated rings. The summed E-state index contributed by atoms with van der Waals surface area (Å²) in [5.41, 5.74) is 1.26. The molecule has 1 amide bonds. The third kappa shape index (κ3) is 3.88. The third-order valence-electron chi connectivity index (χ3n) is 4.90. The van der Waals surface area contributed by atoms with E-state index < -0.39 is 0 Å². The molecule has 1 aromatic heterocycles. The number of hydrogen-bond acceptors (Lipinski definition) is 4. The van der Waals surface area contributed by atoms with Crippen molar-refractivity contribution in [2.75, 3.05) is 18.0 Å². The highest BCUT2D eigenvalue weighted by molar-refractivity contribution is 6.43. The van der Waals surface area contributed by atoms with Crippen molar-refractivity contribution in [1.29, 1.82) is 0 Å². The molecule has 8 heteroatoms. The summed E-state index contributed by atoms with van der Waals surface area (Å²) in [6.45, 7) is 1.54. The molecule has 0 bridgehead atoms. The molecule has 0 spiro atoms. The number of rotatable bonds is 3. The normalized spacial score (nSPS) is 15.0. The second-order valence-electron chi connectivity index (χ2n) is 6.69. The Morgan fingerprint density at radius 2 is 1.86 bits per heavy atom. The molecule has 1 aliphatic rings. The first kappa shape index (κ1) is 19.2. The highest BCUT2D eigenvalue weighted by Crippen LogP contribution is 2.29. The fourth-order valence-electron chi connectivity index (χ4n) is 3.45. The highest BCUT2D eigenvalue weighted by Gasteiger charge is 2.24. The molecule has 0 atom stereocenters. The van der Waals surface area contributed by atoms with E-state index >= 15 is 0 Å². The molecule has 3 aromatic rings. The van der Waals surface area contributed by atoms with Gasteiger partial charge >= 0.3 is 0 Å². The van der Waals surface area contributed by atoms with Crippen LogP contribution in [-0.2, 0) is 0 Å². The minimum atomic E-state index is -0.204. The van der Waals surface area contributed by atoms with Crippen molar-refractivity contribution in [2.24, 2.45) is 0 Å². The Morgan fingerprint density at radius 1 is 1.07 bits per heavy atom. The molecule has 144 valence electrons. The number of nitrogens with zero attached hydrogens (tertiary/aromatic N) is 3. The molecule has 1 N–H and O–H groups in total. The summed E-state index contributed by atoms with van der Waals surface area (Å²) in [4.78, 5) is 23.5. The Kier molecular flexibility index (Phi) is 5.58. The van der Waals surface area contributed by atoms with Gasteiger partial charge < -0.3 is 10.2 Å². The van der Waals surface area contributed by atoms with Crippen molar-refractivity contribution in [1.82, 2.24) is 15.3 Å². The lowest BCUT2D eigenvalue weighted by molar-refractivity contribution is 0.0931. The number of halogens is 3. The zero-order valence-electron chi connectivity index (χ0n) is 14.8. The van der Waals surface area contributed by atoms with E-state index in [1.54, 1.807) is 24.5 Å². The number of anilines is 1. The van der Waals surface area contributed by atoms with Gasteiger partial charge in [0.2, 0.25) is 0 Å². The number of amides is 1. The first-order chi connectivity index (χ1) is 13.5. The fraction of sp³-hybridized carbons (Fsp3) is 0.250. The van der Waals surface area contributed by atoms with Crippen molar-refractivity contribution < 1.29 is 4.79 Å². The van der Waals surface area contributed by atoms with Crippen molar-refractivity contribution >= 4 is 57.4 Å². The van der Waals surface area contributed by atoms with E-state index in [1.165, 1.54) is 0 Å². The number of nitrogens with one attached hydrogen (secondary N) is 1. The van der Waals surface area contributed by atoms with E-state index in [1.807, 2.05) is 18.2 Å². The fourth-order valence-corrected chi connectivity index (χ4v) is 4.00. The van der Waals surface area contributed by atoms with Gasteiger partial charge in [-0.15, -0.1) is 0 Å². The number of hydrogen-bond donors (Lipinski definition) is 1. The van der Waals surface area contributed by atoms with Crippen molar-refractivity contribution in [3.8, 4) is 0 Å². The summed E-state index contributed by atoms with van der Waals surface area (Å²) >= 11 is 18.3. The van der Waals surface area contributed by atoms with E-state index in [-0.39, 0.29) is 17.0 Å². The Bertz CT molecular complexity index is 1040. The second-order valence-corrected chi connectivity index (χ2v) is 7.92. The lowest BCUT2D eigenvalue weighted by Crippen LogP contribution is -2.45. The van der Waals surface area contributed by atoms with Crippen LogP contribution in [0.1, 0.15) is 23.2 Å². The van der Waals surface area contributed by atoms with Crippen LogP contribution in [0.25, 0.3) is 10.9 Å². The number of aromatic nitrogens is 2. The predicted octanol–water partition coefficient (Wildman–Crippen LogP) is 4.99. The van der Waals surface area contributed by atoms with Gasteiger partial charge in [-0.25, -0.2) is 9.97 Å². The predicted molar refractivity (Wildman–Crippen MR) is 114 cm³/mol.